The Bertz CT molecular complexity index is 529. The Kier molecular flexibility index (Phi) is 2.63. The second-order valence-corrected chi connectivity index (χ2v) is 5.22. The van der Waals surface area contributed by atoms with Gasteiger partial charge in [0, 0.05) is 17.5 Å². The van der Waals surface area contributed by atoms with Crippen molar-refractivity contribution in [1.29, 1.82) is 0 Å². The van der Waals surface area contributed by atoms with Crippen molar-refractivity contribution in [3.05, 3.63) is 29.5 Å². The predicted octanol–water partition coefficient (Wildman–Crippen LogP) is 3.07. The molecule has 2 N–H and O–H groups in total. The van der Waals surface area contributed by atoms with Gasteiger partial charge in [-0.25, -0.2) is 0 Å². The van der Waals surface area contributed by atoms with E-state index in [-0.39, 0.29) is 0 Å². The van der Waals surface area contributed by atoms with Gasteiger partial charge in [0.15, 0.2) is 0 Å². The summed E-state index contributed by atoms with van der Waals surface area (Å²) in [6.45, 7) is 4.47. The number of aromatic amines is 1. The topological polar surface area (TPSA) is 40.7 Å². The highest BCUT2D eigenvalue weighted by Gasteiger charge is 2.21. The number of aryl methyl sites for hydroxylation is 1. The summed E-state index contributed by atoms with van der Waals surface area (Å²) in [6, 6.07) is 5.62. The number of piperidine rings is 1. The molecule has 0 radical (unpaired) electrons. The third-order valence-corrected chi connectivity index (χ3v) is 3.82. The number of H-pyrrole nitrogens is 1. The average molecular weight is 229 g/mol. The number of hydrogen-bond donors (Lipinski definition) is 2. The van der Waals surface area contributed by atoms with Gasteiger partial charge in [-0.1, -0.05) is 6.42 Å². The SMILES string of the molecule is Cc1cc2cn[nH]c2cc1C1CCCC(C)N1. The number of aromatic nitrogens is 2. The summed E-state index contributed by atoms with van der Waals surface area (Å²) in [5.41, 5.74) is 3.93. The summed E-state index contributed by atoms with van der Waals surface area (Å²) in [4.78, 5) is 0. The smallest absolute Gasteiger partial charge is 0.0653 e. The molecule has 1 aliphatic heterocycles. The molecule has 3 nitrogen and oxygen atoms in total. The predicted molar refractivity (Wildman–Crippen MR) is 70.0 cm³/mol. The monoisotopic (exact) mass is 229 g/mol. The van der Waals surface area contributed by atoms with Gasteiger partial charge < -0.3 is 5.32 Å². The maximum atomic E-state index is 4.10. The van der Waals surface area contributed by atoms with E-state index in [0.717, 1.165) is 5.52 Å². The highest BCUT2D eigenvalue weighted by molar-refractivity contribution is 5.79. The molecule has 2 unspecified atom stereocenters. The fourth-order valence-corrected chi connectivity index (χ4v) is 2.88. The Labute approximate surface area is 102 Å². The summed E-state index contributed by atoms with van der Waals surface area (Å²) >= 11 is 0. The van der Waals surface area contributed by atoms with Crippen LogP contribution in [-0.2, 0) is 0 Å². The van der Waals surface area contributed by atoms with Crippen molar-refractivity contribution >= 4 is 10.9 Å². The molecule has 0 spiro atoms. The van der Waals surface area contributed by atoms with Gasteiger partial charge in [0.1, 0.15) is 0 Å². The van der Waals surface area contributed by atoms with E-state index in [0.29, 0.717) is 12.1 Å². The van der Waals surface area contributed by atoms with Crippen LogP contribution >= 0.6 is 0 Å². The second kappa shape index (κ2) is 4.15. The Morgan fingerprint density at radius 3 is 3.00 bits per heavy atom. The molecule has 1 aliphatic rings. The number of nitrogens with one attached hydrogen (secondary N) is 2. The molecule has 1 aromatic heterocycles. The van der Waals surface area contributed by atoms with Crippen molar-refractivity contribution in [3.8, 4) is 0 Å². The van der Waals surface area contributed by atoms with E-state index in [4.69, 9.17) is 0 Å². The molecule has 1 saturated heterocycles. The molecule has 0 amide bonds. The number of rotatable bonds is 1. The first-order valence-corrected chi connectivity index (χ1v) is 6.44. The fourth-order valence-electron chi connectivity index (χ4n) is 2.88. The maximum absolute atomic E-state index is 4.10. The fraction of sp³-hybridized carbons (Fsp3) is 0.500. The van der Waals surface area contributed by atoms with Gasteiger partial charge in [-0.05, 0) is 49.9 Å². The van der Waals surface area contributed by atoms with Gasteiger partial charge in [-0.15, -0.1) is 0 Å². The first-order chi connectivity index (χ1) is 8.24. The van der Waals surface area contributed by atoms with Crippen molar-refractivity contribution in [2.75, 3.05) is 0 Å². The summed E-state index contributed by atoms with van der Waals surface area (Å²) in [6.07, 6.45) is 5.75. The second-order valence-electron chi connectivity index (χ2n) is 5.22. The van der Waals surface area contributed by atoms with Gasteiger partial charge in [-0.2, -0.15) is 5.10 Å². The molecular formula is C14H19N3. The molecule has 0 aliphatic carbocycles. The van der Waals surface area contributed by atoms with Crippen LogP contribution in [0.4, 0.5) is 0 Å². The van der Waals surface area contributed by atoms with Crippen LogP contribution in [0, 0.1) is 6.92 Å². The lowest BCUT2D eigenvalue weighted by Crippen LogP contribution is -2.34. The van der Waals surface area contributed by atoms with E-state index in [1.807, 2.05) is 6.20 Å². The number of fused-ring (bicyclic) bond motifs is 1. The van der Waals surface area contributed by atoms with Crippen molar-refractivity contribution in [2.45, 2.75) is 45.2 Å². The first-order valence-electron chi connectivity index (χ1n) is 6.44. The van der Waals surface area contributed by atoms with Crippen LogP contribution in [0.15, 0.2) is 18.3 Å². The third-order valence-electron chi connectivity index (χ3n) is 3.82. The number of nitrogens with zero attached hydrogens (tertiary/aromatic N) is 1. The highest BCUT2D eigenvalue weighted by atomic mass is 15.1. The highest BCUT2D eigenvalue weighted by Crippen LogP contribution is 2.29. The standard InChI is InChI=1S/C14H19N3/c1-9-6-11-8-15-17-14(11)7-12(9)13-5-3-4-10(2)16-13/h6-8,10,13,16H,3-5H2,1-2H3,(H,15,17). The van der Waals surface area contributed by atoms with Crippen LogP contribution in [0.2, 0.25) is 0 Å². The quantitative estimate of drug-likeness (QED) is 0.789. The molecule has 0 bridgehead atoms. The summed E-state index contributed by atoms with van der Waals surface area (Å²) in [5.74, 6) is 0. The van der Waals surface area contributed by atoms with E-state index >= 15 is 0 Å². The van der Waals surface area contributed by atoms with Crippen LogP contribution in [0.3, 0.4) is 0 Å². The zero-order valence-electron chi connectivity index (χ0n) is 10.5. The van der Waals surface area contributed by atoms with Crippen molar-refractivity contribution < 1.29 is 0 Å². The normalized spacial score (nSPS) is 25.3. The zero-order chi connectivity index (χ0) is 11.8. The molecule has 2 aromatic rings. The largest absolute Gasteiger partial charge is 0.307 e. The molecule has 3 heteroatoms. The lowest BCUT2D eigenvalue weighted by molar-refractivity contribution is 0.341. The zero-order valence-corrected chi connectivity index (χ0v) is 10.5. The van der Waals surface area contributed by atoms with Crippen molar-refractivity contribution in [2.24, 2.45) is 0 Å². The van der Waals surface area contributed by atoms with E-state index in [1.54, 1.807) is 0 Å². The minimum absolute atomic E-state index is 0.506. The number of hydrogen-bond acceptors (Lipinski definition) is 2. The van der Waals surface area contributed by atoms with Crippen LogP contribution in [0.1, 0.15) is 43.4 Å². The molecule has 1 aromatic carbocycles. The van der Waals surface area contributed by atoms with Gasteiger partial charge in [-0.3, -0.25) is 5.10 Å². The van der Waals surface area contributed by atoms with E-state index in [2.05, 4.69) is 41.5 Å². The van der Waals surface area contributed by atoms with Gasteiger partial charge in [0.2, 0.25) is 0 Å². The van der Waals surface area contributed by atoms with Crippen molar-refractivity contribution in [1.82, 2.24) is 15.5 Å². The van der Waals surface area contributed by atoms with Crippen LogP contribution in [0.25, 0.3) is 10.9 Å². The van der Waals surface area contributed by atoms with Gasteiger partial charge in [0.05, 0.1) is 11.7 Å². The average Bonchev–Trinajstić information content (AvgIpc) is 2.75. The molecule has 90 valence electrons. The maximum Gasteiger partial charge on any atom is 0.0653 e. The summed E-state index contributed by atoms with van der Waals surface area (Å²) in [7, 11) is 0. The molecule has 1 fully saturated rings. The van der Waals surface area contributed by atoms with Crippen LogP contribution < -0.4 is 5.32 Å². The first kappa shape index (κ1) is 10.8. The Morgan fingerprint density at radius 2 is 2.18 bits per heavy atom. The van der Waals surface area contributed by atoms with Crippen LogP contribution in [-0.4, -0.2) is 16.2 Å². The summed E-state index contributed by atoms with van der Waals surface area (Å²) < 4.78 is 0. The minimum atomic E-state index is 0.506. The van der Waals surface area contributed by atoms with E-state index < -0.39 is 0 Å². The van der Waals surface area contributed by atoms with E-state index in [9.17, 15) is 0 Å². The Hall–Kier alpha value is -1.35. The van der Waals surface area contributed by atoms with Gasteiger partial charge >= 0.3 is 0 Å². The summed E-state index contributed by atoms with van der Waals surface area (Å²) in [5, 5.41) is 12.1. The molecular weight excluding hydrogens is 210 g/mol. The van der Waals surface area contributed by atoms with Crippen LogP contribution in [0.5, 0.6) is 0 Å². The van der Waals surface area contributed by atoms with Gasteiger partial charge in [0.25, 0.3) is 0 Å². The molecule has 0 saturated carbocycles. The molecule has 2 heterocycles. The van der Waals surface area contributed by atoms with Crippen molar-refractivity contribution in [3.63, 3.8) is 0 Å². The third kappa shape index (κ3) is 1.95. The Balaban J connectivity index is 2.00. The lowest BCUT2D eigenvalue weighted by atomic mass is 9.91. The molecule has 3 rings (SSSR count). The molecule has 2 atom stereocenters. The minimum Gasteiger partial charge on any atom is -0.307 e. The lowest BCUT2D eigenvalue weighted by Gasteiger charge is -2.30. The Morgan fingerprint density at radius 1 is 1.29 bits per heavy atom. The molecule has 17 heavy (non-hydrogen) atoms. The van der Waals surface area contributed by atoms with E-state index in [1.165, 1.54) is 35.8 Å². The number of benzene rings is 1.